The SMILES string of the molecule is Cc1ccc(S(=O)(=O)Nc2c(C(=O)N(C)C)nn(C)c2C)cc1C. The van der Waals surface area contributed by atoms with Crippen LogP contribution in [0.15, 0.2) is 23.1 Å². The maximum absolute atomic E-state index is 12.7. The lowest BCUT2D eigenvalue weighted by Gasteiger charge is -2.12. The summed E-state index contributed by atoms with van der Waals surface area (Å²) in [4.78, 5) is 13.8. The Kier molecular flexibility index (Phi) is 4.70. The minimum absolute atomic E-state index is 0.0763. The van der Waals surface area contributed by atoms with E-state index in [1.54, 1.807) is 46.3 Å². The van der Waals surface area contributed by atoms with Crippen LogP contribution in [0.25, 0.3) is 0 Å². The number of sulfonamides is 1. The molecule has 0 aliphatic rings. The van der Waals surface area contributed by atoms with Gasteiger partial charge in [0, 0.05) is 21.1 Å². The van der Waals surface area contributed by atoms with Crippen LogP contribution in [0.3, 0.4) is 0 Å². The third-order valence-corrected chi connectivity index (χ3v) is 5.32. The number of nitrogens with one attached hydrogen (secondary N) is 1. The number of rotatable bonds is 4. The maximum atomic E-state index is 12.7. The van der Waals surface area contributed by atoms with Crippen molar-refractivity contribution in [2.24, 2.45) is 7.05 Å². The molecule has 0 radical (unpaired) electrons. The van der Waals surface area contributed by atoms with Crippen molar-refractivity contribution in [1.29, 1.82) is 0 Å². The molecular weight excluding hydrogens is 328 g/mol. The van der Waals surface area contributed by atoms with Gasteiger partial charge in [-0.25, -0.2) is 8.42 Å². The minimum Gasteiger partial charge on any atom is -0.343 e. The normalized spacial score (nSPS) is 11.4. The Balaban J connectivity index is 2.50. The quantitative estimate of drug-likeness (QED) is 0.912. The summed E-state index contributed by atoms with van der Waals surface area (Å²) in [5.74, 6) is -0.364. The van der Waals surface area contributed by atoms with Gasteiger partial charge in [-0.2, -0.15) is 5.10 Å². The van der Waals surface area contributed by atoms with Crippen LogP contribution in [-0.2, 0) is 17.1 Å². The van der Waals surface area contributed by atoms with Gasteiger partial charge in [0.1, 0.15) is 5.69 Å². The smallest absolute Gasteiger partial charge is 0.276 e. The summed E-state index contributed by atoms with van der Waals surface area (Å²) in [6.45, 7) is 5.47. The standard InChI is InChI=1S/C16H22N4O3S/c1-10-7-8-13(9-11(10)2)24(22,23)18-14-12(3)20(6)17-15(14)16(21)19(4)5/h7-9,18H,1-6H3. The van der Waals surface area contributed by atoms with Gasteiger partial charge in [-0.05, 0) is 44.0 Å². The minimum atomic E-state index is -3.82. The number of hydrogen-bond donors (Lipinski definition) is 1. The monoisotopic (exact) mass is 350 g/mol. The fourth-order valence-electron chi connectivity index (χ4n) is 2.17. The predicted molar refractivity (Wildman–Crippen MR) is 92.7 cm³/mol. The Hall–Kier alpha value is -2.35. The largest absolute Gasteiger partial charge is 0.343 e. The van der Waals surface area contributed by atoms with Gasteiger partial charge in [-0.3, -0.25) is 14.2 Å². The van der Waals surface area contributed by atoms with Gasteiger partial charge >= 0.3 is 0 Å². The van der Waals surface area contributed by atoms with Crippen molar-refractivity contribution >= 4 is 21.6 Å². The molecule has 130 valence electrons. The second-order valence-electron chi connectivity index (χ2n) is 5.98. The molecule has 8 heteroatoms. The first-order chi connectivity index (χ1) is 11.0. The zero-order valence-corrected chi connectivity index (χ0v) is 15.5. The highest BCUT2D eigenvalue weighted by molar-refractivity contribution is 7.92. The van der Waals surface area contributed by atoms with Crippen molar-refractivity contribution in [3.8, 4) is 0 Å². The topological polar surface area (TPSA) is 84.3 Å². The number of carbonyl (C=O) groups excluding carboxylic acids is 1. The first kappa shape index (κ1) is 18.0. The van der Waals surface area contributed by atoms with Crippen molar-refractivity contribution in [2.45, 2.75) is 25.7 Å². The van der Waals surface area contributed by atoms with Crippen molar-refractivity contribution < 1.29 is 13.2 Å². The zero-order valence-electron chi connectivity index (χ0n) is 14.7. The molecule has 1 aromatic heterocycles. The third-order valence-electron chi connectivity index (χ3n) is 3.97. The van der Waals surface area contributed by atoms with Crippen LogP contribution in [0.2, 0.25) is 0 Å². The summed E-state index contributed by atoms with van der Waals surface area (Å²) < 4.78 is 29.4. The first-order valence-electron chi connectivity index (χ1n) is 7.40. The fourth-order valence-corrected chi connectivity index (χ4v) is 3.38. The number of amides is 1. The van der Waals surface area contributed by atoms with E-state index in [9.17, 15) is 13.2 Å². The first-order valence-corrected chi connectivity index (χ1v) is 8.88. The highest BCUT2D eigenvalue weighted by Crippen LogP contribution is 2.25. The highest BCUT2D eigenvalue weighted by atomic mass is 32.2. The molecule has 0 saturated carbocycles. The molecule has 7 nitrogen and oxygen atoms in total. The van der Waals surface area contributed by atoms with Gasteiger partial charge in [0.15, 0.2) is 5.69 Å². The number of aryl methyl sites for hydroxylation is 3. The molecule has 2 aromatic rings. The van der Waals surface area contributed by atoms with Crippen LogP contribution in [0, 0.1) is 20.8 Å². The zero-order chi connectivity index (χ0) is 18.2. The Bertz CT molecular complexity index is 898. The lowest BCUT2D eigenvalue weighted by Crippen LogP contribution is -2.24. The number of carbonyl (C=O) groups is 1. The Morgan fingerprint density at radius 3 is 2.33 bits per heavy atom. The molecule has 2 rings (SSSR count). The van der Waals surface area contributed by atoms with E-state index in [0.717, 1.165) is 11.1 Å². The number of nitrogens with zero attached hydrogens (tertiary/aromatic N) is 3. The van der Waals surface area contributed by atoms with Crippen molar-refractivity contribution in [1.82, 2.24) is 14.7 Å². The molecule has 0 aliphatic carbocycles. The summed E-state index contributed by atoms with van der Waals surface area (Å²) in [6.07, 6.45) is 0. The maximum Gasteiger partial charge on any atom is 0.276 e. The van der Waals surface area contributed by atoms with E-state index in [4.69, 9.17) is 0 Å². The summed E-state index contributed by atoms with van der Waals surface area (Å²) in [5.41, 5.74) is 2.73. The molecule has 24 heavy (non-hydrogen) atoms. The molecule has 0 fully saturated rings. The molecule has 1 heterocycles. The van der Waals surface area contributed by atoms with Gasteiger partial charge in [0.05, 0.1) is 10.6 Å². The van der Waals surface area contributed by atoms with Crippen LogP contribution in [0.4, 0.5) is 5.69 Å². The van der Waals surface area contributed by atoms with Gasteiger partial charge < -0.3 is 4.90 Å². The fraction of sp³-hybridized carbons (Fsp3) is 0.375. The van der Waals surface area contributed by atoms with Gasteiger partial charge in [-0.15, -0.1) is 0 Å². The lowest BCUT2D eigenvalue weighted by molar-refractivity contribution is 0.0822. The van der Waals surface area contributed by atoms with Crippen LogP contribution in [0.5, 0.6) is 0 Å². The van der Waals surface area contributed by atoms with E-state index in [1.165, 1.54) is 9.58 Å². The van der Waals surface area contributed by atoms with Crippen LogP contribution in [-0.4, -0.2) is 43.1 Å². The van der Waals surface area contributed by atoms with Crippen LogP contribution < -0.4 is 4.72 Å². The Labute approximate surface area is 142 Å². The summed E-state index contributed by atoms with van der Waals surface area (Å²) in [5, 5.41) is 4.14. The average Bonchev–Trinajstić information content (AvgIpc) is 2.76. The second-order valence-corrected chi connectivity index (χ2v) is 7.67. The molecule has 1 N–H and O–H groups in total. The van der Waals surface area contributed by atoms with E-state index in [-0.39, 0.29) is 22.2 Å². The Morgan fingerprint density at radius 2 is 1.79 bits per heavy atom. The van der Waals surface area contributed by atoms with Crippen LogP contribution >= 0.6 is 0 Å². The summed E-state index contributed by atoms with van der Waals surface area (Å²) in [7, 11) is 1.03. The molecule has 1 aromatic carbocycles. The predicted octanol–water partition coefficient (Wildman–Crippen LogP) is 1.85. The highest BCUT2D eigenvalue weighted by Gasteiger charge is 2.25. The summed E-state index contributed by atoms with van der Waals surface area (Å²) in [6, 6.07) is 4.91. The van der Waals surface area contributed by atoms with E-state index in [1.807, 2.05) is 13.8 Å². The van der Waals surface area contributed by atoms with E-state index < -0.39 is 10.0 Å². The molecule has 0 aliphatic heterocycles. The van der Waals surface area contributed by atoms with Crippen molar-refractivity contribution in [3.63, 3.8) is 0 Å². The van der Waals surface area contributed by atoms with Crippen LogP contribution in [0.1, 0.15) is 27.3 Å². The second kappa shape index (κ2) is 6.27. The van der Waals surface area contributed by atoms with E-state index >= 15 is 0 Å². The molecule has 0 bridgehead atoms. The number of anilines is 1. The average molecular weight is 350 g/mol. The lowest BCUT2D eigenvalue weighted by atomic mass is 10.1. The van der Waals surface area contributed by atoms with Gasteiger partial charge in [0.25, 0.3) is 15.9 Å². The van der Waals surface area contributed by atoms with E-state index in [2.05, 4.69) is 9.82 Å². The number of aromatic nitrogens is 2. The van der Waals surface area contributed by atoms with Crippen molar-refractivity contribution in [3.05, 3.63) is 40.7 Å². The van der Waals surface area contributed by atoms with E-state index in [0.29, 0.717) is 5.69 Å². The number of benzene rings is 1. The molecule has 0 atom stereocenters. The Morgan fingerprint density at radius 1 is 1.17 bits per heavy atom. The third kappa shape index (κ3) is 3.28. The summed E-state index contributed by atoms with van der Waals surface area (Å²) >= 11 is 0. The van der Waals surface area contributed by atoms with Gasteiger partial charge in [0.2, 0.25) is 0 Å². The van der Waals surface area contributed by atoms with Crippen molar-refractivity contribution in [2.75, 3.05) is 18.8 Å². The molecule has 0 spiro atoms. The number of hydrogen-bond acceptors (Lipinski definition) is 4. The molecular formula is C16H22N4O3S. The molecule has 1 amide bonds. The molecule has 0 unspecified atom stereocenters. The molecule has 0 saturated heterocycles. The van der Waals surface area contributed by atoms with Gasteiger partial charge in [-0.1, -0.05) is 6.07 Å².